The van der Waals surface area contributed by atoms with Crippen LogP contribution in [0.3, 0.4) is 0 Å². The van der Waals surface area contributed by atoms with Crippen LogP contribution in [0.5, 0.6) is 0 Å². The van der Waals surface area contributed by atoms with Crippen LogP contribution in [0.2, 0.25) is 0 Å². The van der Waals surface area contributed by atoms with Gasteiger partial charge in [0.05, 0.1) is 26.4 Å². The second kappa shape index (κ2) is 99.1. The van der Waals surface area contributed by atoms with Gasteiger partial charge in [-0.15, -0.1) is 0 Å². The molecular weight excluding hydrogens is 1630 g/mol. The van der Waals surface area contributed by atoms with Crippen LogP contribution in [0.25, 0.3) is 0 Å². The number of aliphatic hydroxyl groups excluding tert-OH is 2. The van der Waals surface area contributed by atoms with Crippen LogP contribution >= 0.6 is 15.6 Å². The van der Waals surface area contributed by atoms with E-state index < -0.39 is 91.5 Å². The van der Waals surface area contributed by atoms with Crippen molar-refractivity contribution in [1.82, 2.24) is 0 Å². The molecule has 0 spiro atoms. The van der Waals surface area contributed by atoms with Crippen molar-refractivity contribution in [2.75, 3.05) is 39.6 Å². The lowest BCUT2D eigenvalue weighted by Crippen LogP contribution is -2.30. The summed E-state index contributed by atoms with van der Waals surface area (Å²) in [6.07, 6.45) is 134. The summed E-state index contributed by atoms with van der Waals surface area (Å²) in [4.78, 5) is 59.2. The molecule has 0 heterocycles. The number of phosphoric acid groups is 2. The molecular formula is C109H182O16P2. The minimum Gasteiger partial charge on any atom is -0.463 e. The van der Waals surface area contributed by atoms with Gasteiger partial charge in [-0.3, -0.25) is 32.5 Å². The Bertz CT molecular complexity index is 3140. The quantitative estimate of drug-likeness (QED) is 0.0146. The van der Waals surface area contributed by atoms with E-state index in [0.29, 0.717) is 19.3 Å². The number of phosphoric ester groups is 2. The molecule has 0 amide bonds. The predicted molar refractivity (Wildman–Crippen MR) is 537 cm³/mol. The molecule has 0 saturated carbocycles. The average molecular weight is 1810 g/mol. The lowest BCUT2D eigenvalue weighted by atomic mass is 10.0. The van der Waals surface area contributed by atoms with Gasteiger partial charge in [0.2, 0.25) is 0 Å². The highest BCUT2D eigenvalue weighted by Crippen LogP contribution is 2.45. The number of carbonyl (C=O) groups excluding carboxylic acids is 3. The van der Waals surface area contributed by atoms with Gasteiger partial charge in [-0.25, -0.2) is 9.13 Å². The van der Waals surface area contributed by atoms with Crippen molar-refractivity contribution in [3.05, 3.63) is 207 Å². The fourth-order valence-corrected chi connectivity index (χ4v) is 15.1. The van der Waals surface area contributed by atoms with Crippen LogP contribution in [0, 0.1) is 0 Å². The van der Waals surface area contributed by atoms with Gasteiger partial charge >= 0.3 is 33.6 Å². The minimum atomic E-state index is -4.95. The van der Waals surface area contributed by atoms with E-state index in [4.69, 9.17) is 32.3 Å². The molecule has 0 rings (SSSR count). The van der Waals surface area contributed by atoms with Crippen LogP contribution in [0.15, 0.2) is 207 Å². The molecule has 0 radical (unpaired) electrons. The maximum absolute atomic E-state index is 13.1. The zero-order chi connectivity index (χ0) is 92.1. The Morgan fingerprint density at radius 2 is 0.394 bits per heavy atom. The first kappa shape index (κ1) is 121. The molecule has 5 atom stereocenters. The van der Waals surface area contributed by atoms with Gasteiger partial charge in [-0.2, -0.15) is 0 Å². The van der Waals surface area contributed by atoms with Gasteiger partial charge in [0.15, 0.2) is 6.10 Å². The molecule has 0 aliphatic rings. The summed E-state index contributed by atoms with van der Waals surface area (Å²) in [6.45, 7) is 2.39. The van der Waals surface area contributed by atoms with E-state index in [1.54, 1.807) is 0 Å². The summed E-state index contributed by atoms with van der Waals surface area (Å²) < 4.78 is 61.7. The van der Waals surface area contributed by atoms with Crippen molar-refractivity contribution in [3.63, 3.8) is 0 Å². The van der Waals surface area contributed by atoms with Crippen molar-refractivity contribution in [2.45, 2.75) is 424 Å². The number of ether oxygens (including phenoxy) is 3. The fraction of sp³-hybridized carbons (Fsp3) is 0.661. The average Bonchev–Trinajstić information content (AvgIpc) is 0.899. The van der Waals surface area contributed by atoms with E-state index >= 15 is 0 Å². The van der Waals surface area contributed by atoms with E-state index in [1.165, 1.54) is 148 Å². The number of carbonyl (C=O) groups is 3. The fourth-order valence-electron chi connectivity index (χ4n) is 13.5. The van der Waals surface area contributed by atoms with E-state index in [0.717, 1.165) is 199 Å². The largest absolute Gasteiger partial charge is 0.472 e. The van der Waals surface area contributed by atoms with E-state index in [1.807, 2.05) is 0 Å². The van der Waals surface area contributed by atoms with Gasteiger partial charge in [-0.1, -0.05) is 426 Å². The van der Waals surface area contributed by atoms with E-state index in [-0.39, 0.29) is 19.3 Å². The normalized spacial score (nSPS) is 14.5. The zero-order valence-electron chi connectivity index (χ0n) is 80.1. The van der Waals surface area contributed by atoms with Crippen LogP contribution < -0.4 is 0 Å². The van der Waals surface area contributed by atoms with Gasteiger partial charge in [0, 0.05) is 19.3 Å². The van der Waals surface area contributed by atoms with Crippen molar-refractivity contribution >= 4 is 33.6 Å². The monoisotopic (exact) mass is 1810 g/mol. The van der Waals surface area contributed by atoms with Crippen molar-refractivity contribution in [3.8, 4) is 0 Å². The molecule has 18 heteroatoms. The molecule has 0 fully saturated rings. The lowest BCUT2D eigenvalue weighted by Gasteiger charge is -2.21. The summed E-state index contributed by atoms with van der Waals surface area (Å²) in [6, 6.07) is 0. The molecule has 0 saturated heterocycles. The number of rotatable bonds is 94. The number of aliphatic hydroxyl groups is 2. The third-order valence-corrected chi connectivity index (χ3v) is 22.9. The van der Waals surface area contributed by atoms with Gasteiger partial charge in [0.1, 0.15) is 25.4 Å². The molecule has 0 aliphatic carbocycles. The maximum atomic E-state index is 13.1. The first-order valence-corrected chi connectivity index (χ1v) is 53.4. The highest BCUT2D eigenvalue weighted by molar-refractivity contribution is 7.47. The summed E-state index contributed by atoms with van der Waals surface area (Å²) in [5.74, 6) is -1.57. The van der Waals surface area contributed by atoms with E-state index in [9.17, 15) is 43.5 Å². The van der Waals surface area contributed by atoms with Crippen molar-refractivity contribution < 1.29 is 75.8 Å². The number of hydrogen-bond donors (Lipinski definition) is 4. The first-order chi connectivity index (χ1) is 62.2. The number of allylic oxidation sites excluding steroid dienone is 34. The van der Waals surface area contributed by atoms with Crippen LogP contribution in [-0.2, 0) is 55.8 Å². The lowest BCUT2D eigenvalue weighted by molar-refractivity contribution is -0.161. The molecule has 724 valence electrons. The maximum Gasteiger partial charge on any atom is 0.472 e. The molecule has 0 aromatic heterocycles. The molecule has 0 bridgehead atoms. The molecule has 5 unspecified atom stereocenters. The first-order valence-electron chi connectivity index (χ1n) is 50.4. The van der Waals surface area contributed by atoms with Crippen LogP contribution in [0.1, 0.15) is 406 Å². The molecule has 16 nitrogen and oxygen atoms in total. The van der Waals surface area contributed by atoms with Crippen LogP contribution in [0.4, 0.5) is 0 Å². The van der Waals surface area contributed by atoms with Gasteiger partial charge in [-0.05, 0) is 167 Å². The molecule has 0 aromatic carbocycles. The SMILES string of the molecule is CC/C=C\C/C=C\C/C=C\C/C=C\C/C=C\C/C=C\CCCCCCCCCCCCCCCCC(=O)OCC(O)COP(=O)(O)OCC(O)COP(=O)(O)OCC(COC(=O)CCCCCCCCCCCCCC/C=C\C/C=C\C/C=C\C/C=C\C/C=C\C/C=C\CC)OC(=O)CCCCCCCCCCCCC/C=C\C/C=C\C/C=C\C/C=C\C/C=C\CC. The summed E-state index contributed by atoms with van der Waals surface area (Å²) in [5, 5.41) is 20.8. The molecule has 0 aliphatic heterocycles. The number of esters is 3. The number of hydrogen-bond acceptors (Lipinski definition) is 14. The standard InChI is InChI=1S/C109H182O16P2/c1-4-7-10-13-16-19-22-25-28-31-34-37-40-43-46-48-50-51-53-55-57-59-62-65-68-71-74-77-80-83-86-89-92-95-107(112)119-98-104(110)99-121-126(115,116)122-100-105(111)101-123-127(117,118)124-103-106(125-109(114)97-94-91-88-85-82-79-76-73-70-67-64-61-56-45-42-39-36-33-30-27-24-21-18-15-12-9-6-3)102-120-108(113)96-93-90-87-84-81-78-75-72-69-66-63-60-58-54-52-49-47-44-41-38-35-32-29-26-23-20-17-14-11-8-5-2/h7-12,16-21,25-30,34-39,43-47,50-52,54,56,104-106,110-111H,4-6,13-15,22-24,31-33,40-42,48-49,53,55,57-103H2,1-3H3,(H,115,116)(H,117,118)/b10-7-,11-8-,12-9-,19-16-,20-17-,21-18-,28-25-,29-26-,30-27-,37-34-,38-35-,39-36-,46-43-,47-44-,51-50-,54-52-,56-45-. The van der Waals surface area contributed by atoms with Crippen molar-refractivity contribution in [2.24, 2.45) is 0 Å². The molecule has 127 heavy (non-hydrogen) atoms. The molecule has 0 aromatic rings. The Labute approximate surface area is 775 Å². The molecule has 4 N–H and O–H groups in total. The second-order valence-corrected chi connectivity index (χ2v) is 36.0. The Morgan fingerprint density at radius 1 is 0.220 bits per heavy atom. The van der Waals surface area contributed by atoms with Crippen molar-refractivity contribution in [1.29, 1.82) is 0 Å². The smallest absolute Gasteiger partial charge is 0.463 e. The Morgan fingerprint density at radius 3 is 0.622 bits per heavy atom. The van der Waals surface area contributed by atoms with Gasteiger partial charge < -0.3 is 34.2 Å². The zero-order valence-corrected chi connectivity index (χ0v) is 81.9. The van der Waals surface area contributed by atoms with Crippen LogP contribution in [-0.4, -0.2) is 95.9 Å². The summed E-state index contributed by atoms with van der Waals surface area (Å²) in [5.41, 5.74) is 0. The second-order valence-electron chi connectivity index (χ2n) is 33.1. The Kier molecular flexibility index (Phi) is 94.6. The summed E-state index contributed by atoms with van der Waals surface area (Å²) in [7, 11) is -9.83. The summed E-state index contributed by atoms with van der Waals surface area (Å²) >= 11 is 0. The van der Waals surface area contributed by atoms with Gasteiger partial charge in [0.25, 0.3) is 0 Å². The topological polar surface area (TPSA) is 231 Å². The predicted octanol–water partition coefficient (Wildman–Crippen LogP) is 31.9. The third kappa shape index (κ3) is 101. The number of unbranched alkanes of at least 4 members (excludes halogenated alkanes) is 37. The highest BCUT2D eigenvalue weighted by atomic mass is 31.2. The van der Waals surface area contributed by atoms with E-state index in [2.05, 4.69) is 227 Å². The Hall–Kier alpha value is -5.87. The Balaban J connectivity index is 4.64. The highest BCUT2D eigenvalue weighted by Gasteiger charge is 2.30. The minimum absolute atomic E-state index is 0.0945. The third-order valence-electron chi connectivity index (χ3n) is 21.0.